The van der Waals surface area contributed by atoms with Gasteiger partial charge in [-0.2, -0.15) is 4.98 Å². The number of nitrogens with zero attached hydrogens (tertiary/aromatic N) is 2. The Morgan fingerprint density at radius 1 is 1.21 bits per heavy atom. The zero-order chi connectivity index (χ0) is 17.5. The summed E-state index contributed by atoms with van der Waals surface area (Å²) >= 11 is 11.9. The van der Waals surface area contributed by atoms with E-state index < -0.39 is 0 Å². The van der Waals surface area contributed by atoms with Gasteiger partial charge < -0.3 is 21.7 Å². The van der Waals surface area contributed by atoms with Gasteiger partial charge in [0, 0.05) is 26.6 Å². The number of hydrogen-bond donors (Lipinski definition) is 4. The molecule has 9 heteroatoms. The van der Waals surface area contributed by atoms with Crippen molar-refractivity contribution in [2.45, 2.75) is 13.5 Å². The minimum absolute atomic E-state index is 0.0866. The minimum Gasteiger partial charge on any atom is -0.394 e. The molecule has 1 aromatic carbocycles. The minimum atomic E-state index is -0.0866. The SMILES string of the molecule is CC(=O)NCCNc1nc(NCc2ccc(Cl)c(Cl)c2)ncc1N. The predicted octanol–water partition coefficient (Wildman–Crippen LogP) is 2.53. The summed E-state index contributed by atoms with van der Waals surface area (Å²) in [5.74, 6) is 0.848. The number of carbonyl (C=O) groups excluding carboxylic acids is 1. The van der Waals surface area contributed by atoms with Crippen LogP contribution in [0.4, 0.5) is 17.5 Å². The zero-order valence-corrected chi connectivity index (χ0v) is 14.6. The van der Waals surface area contributed by atoms with Crippen LogP contribution >= 0.6 is 23.2 Å². The molecule has 0 radical (unpaired) electrons. The van der Waals surface area contributed by atoms with E-state index >= 15 is 0 Å². The van der Waals surface area contributed by atoms with E-state index in [2.05, 4.69) is 25.9 Å². The molecule has 2 aromatic rings. The van der Waals surface area contributed by atoms with E-state index in [1.54, 1.807) is 12.1 Å². The lowest BCUT2D eigenvalue weighted by atomic mass is 10.2. The molecule has 7 nitrogen and oxygen atoms in total. The molecule has 1 aromatic heterocycles. The van der Waals surface area contributed by atoms with Crippen LogP contribution in [-0.4, -0.2) is 29.0 Å². The highest BCUT2D eigenvalue weighted by molar-refractivity contribution is 6.42. The van der Waals surface area contributed by atoms with E-state index in [0.29, 0.717) is 47.1 Å². The molecule has 0 unspecified atom stereocenters. The molecule has 0 aliphatic carbocycles. The first-order valence-corrected chi connectivity index (χ1v) is 8.00. The Hall–Kier alpha value is -2.25. The summed E-state index contributed by atoms with van der Waals surface area (Å²) in [6, 6.07) is 5.38. The molecule has 0 spiro atoms. The molecule has 0 atom stereocenters. The number of carbonyl (C=O) groups is 1. The van der Waals surface area contributed by atoms with Crippen LogP contribution in [0.1, 0.15) is 12.5 Å². The second kappa shape index (κ2) is 8.56. The summed E-state index contributed by atoms with van der Waals surface area (Å²) in [7, 11) is 0. The maximum atomic E-state index is 10.8. The largest absolute Gasteiger partial charge is 0.394 e. The number of amides is 1. The number of rotatable bonds is 7. The highest BCUT2D eigenvalue weighted by atomic mass is 35.5. The van der Waals surface area contributed by atoms with Crippen molar-refractivity contribution in [2.24, 2.45) is 0 Å². The Kier molecular flexibility index (Phi) is 6.45. The van der Waals surface area contributed by atoms with Gasteiger partial charge in [-0.15, -0.1) is 0 Å². The zero-order valence-electron chi connectivity index (χ0n) is 13.1. The van der Waals surface area contributed by atoms with Crippen molar-refractivity contribution in [1.82, 2.24) is 15.3 Å². The van der Waals surface area contributed by atoms with Gasteiger partial charge in [-0.25, -0.2) is 4.98 Å². The van der Waals surface area contributed by atoms with Crippen LogP contribution in [-0.2, 0) is 11.3 Å². The van der Waals surface area contributed by atoms with Crippen molar-refractivity contribution in [3.63, 3.8) is 0 Å². The van der Waals surface area contributed by atoms with Gasteiger partial charge >= 0.3 is 0 Å². The third-order valence-electron chi connectivity index (χ3n) is 3.04. The number of nitrogens with two attached hydrogens (primary N) is 1. The second-order valence-electron chi connectivity index (χ2n) is 5.01. The lowest BCUT2D eigenvalue weighted by molar-refractivity contribution is -0.118. The van der Waals surface area contributed by atoms with Gasteiger partial charge in [0.1, 0.15) is 0 Å². The molecule has 0 saturated carbocycles. The highest BCUT2D eigenvalue weighted by Crippen LogP contribution is 2.23. The monoisotopic (exact) mass is 368 g/mol. The van der Waals surface area contributed by atoms with Crippen LogP contribution in [0, 0.1) is 0 Å². The summed E-state index contributed by atoms with van der Waals surface area (Å²) in [5, 5.41) is 9.83. The first kappa shape index (κ1) is 18.1. The number of anilines is 3. The van der Waals surface area contributed by atoms with Crippen molar-refractivity contribution in [1.29, 1.82) is 0 Å². The Morgan fingerprint density at radius 3 is 2.71 bits per heavy atom. The van der Waals surface area contributed by atoms with Crippen LogP contribution in [0.2, 0.25) is 10.0 Å². The molecular formula is C15H18Cl2N6O. The first-order chi connectivity index (χ1) is 11.5. The van der Waals surface area contributed by atoms with Crippen LogP contribution < -0.4 is 21.7 Å². The van der Waals surface area contributed by atoms with E-state index in [1.807, 2.05) is 6.07 Å². The molecule has 0 saturated heterocycles. The van der Waals surface area contributed by atoms with Crippen molar-refractivity contribution in [3.8, 4) is 0 Å². The third-order valence-corrected chi connectivity index (χ3v) is 3.78. The van der Waals surface area contributed by atoms with Gasteiger partial charge in [0.15, 0.2) is 5.82 Å². The molecule has 2 rings (SSSR count). The third kappa shape index (κ3) is 5.43. The van der Waals surface area contributed by atoms with Gasteiger partial charge in [0.2, 0.25) is 11.9 Å². The number of halogens is 2. The standard InChI is InChI=1S/C15H18Cl2N6O/c1-9(24)19-4-5-20-14-13(18)8-22-15(23-14)21-7-10-2-3-11(16)12(17)6-10/h2-3,6,8H,4-5,7,18H2,1H3,(H,19,24)(H2,20,21,22,23). The average molecular weight is 369 g/mol. The van der Waals surface area contributed by atoms with Gasteiger partial charge in [0.25, 0.3) is 0 Å². The molecule has 0 fully saturated rings. The van der Waals surface area contributed by atoms with Gasteiger partial charge in [-0.1, -0.05) is 29.3 Å². The smallest absolute Gasteiger partial charge is 0.225 e. The molecule has 0 aliphatic rings. The molecule has 128 valence electrons. The molecule has 1 amide bonds. The fourth-order valence-corrected chi connectivity index (χ4v) is 2.19. The van der Waals surface area contributed by atoms with Crippen molar-refractivity contribution < 1.29 is 4.79 Å². The van der Waals surface area contributed by atoms with Gasteiger partial charge in [-0.05, 0) is 17.7 Å². The molecule has 1 heterocycles. The topological polar surface area (TPSA) is 105 Å². The fourth-order valence-electron chi connectivity index (χ4n) is 1.87. The molecular weight excluding hydrogens is 351 g/mol. The molecule has 0 aliphatic heterocycles. The summed E-state index contributed by atoms with van der Waals surface area (Å²) in [6.07, 6.45) is 1.52. The van der Waals surface area contributed by atoms with E-state index in [9.17, 15) is 4.79 Å². The van der Waals surface area contributed by atoms with E-state index in [4.69, 9.17) is 28.9 Å². The Balaban J connectivity index is 1.94. The Bertz CT molecular complexity index is 725. The van der Waals surface area contributed by atoms with Crippen molar-refractivity contribution in [3.05, 3.63) is 40.0 Å². The van der Waals surface area contributed by atoms with E-state index in [1.165, 1.54) is 13.1 Å². The van der Waals surface area contributed by atoms with E-state index in [-0.39, 0.29) is 5.91 Å². The second-order valence-corrected chi connectivity index (χ2v) is 5.82. The number of benzene rings is 1. The first-order valence-electron chi connectivity index (χ1n) is 7.24. The Morgan fingerprint density at radius 2 is 2.00 bits per heavy atom. The summed E-state index contributed by atoms with van der Waals surface area (Å²) in [4.78, 5) is 19.3. The maximum Gasteiger partial charge on any atom is 0.225 e. The molecule has 0 bridgehead atoms. The lowest BCUT2D eigenvalue weighted by Crippen LogP contribution is -2.26. The number of nitrogen functional groups attached to an aromatic ring is 1. The molecule has 24 heavy (non-hydrogen) atoms. The number of nitrogens with one attached hydrogen (secondary N) is 3. The van der Waals surface area contributed by atoms with Gasteiger partial charge in [0.05, 0.1) is 21.9 Å². The maximum absolute atomic E-state index is 10.8. The highest BCUT2D eigenvalue weighted by Gasteiger charge is 2.05. The fraction of sp³-hybridized carbons (Fsp3) is 0.267. The van der Waals surface area contributed by atoms with Crippen LogP contribution in [0.15, 0.2) is 24.4 Å². The average Bonchev–Trinajstić information content (AvgIpc) is 2.54. The number of hydrogen-bond acceptors (Lipinski definition) is 6. The van der Waals surface area contributed by atoms with Gasteiger partial charge in [-0.3, -0.25) is 4.79 Å². The summed E-state index contributed by atoms with van der Waals surface area (Å²) in [6.45, 7) is 2.94. The van der Waals surface area contributed by atoms with Crippen LogP contribution in [0.25, 0.3) is 0 Å². The number of aromatic nitrogens is 2. The Labute approximate surface area is 150 Å². The van der Waals surface area contributed by atoms with Crippen molar-refractivity contribution in [2.75, 3.05) is 29.5 Å². The molecule has 5 N–H and O–H groups in total. The van der Waals surface area contributed by atoms with Crippen molar-refractivity contribution >= 4 is 46.6 Å². The summed E-state index contributed by atoms with van der Waals surface area (Å²) < 4.78 is 0. The van der Waals surface area contributed by atoms with Crippen LogP contribution in [0.5, 0.6) is 0 Å². The quantitative estimate of drug-likeness (QED) is 0.559. The van der Waals surface area contributed by atoms with E-state index in [0.717, 1.165) is 5.56 Å². The predicted molar refractivity (Wildman–Crippen MR) is 97.4 cm³/mol. The van der Waals surface area contributed by atoms with Crippen LogP contribution in [0.3, 0.4) is 0 Å². The lowest BCUT2D eigenvalue weighted by Gasteiger charge is -2.11. The normalized spacial score (nSPS) is 10.3. The summed E-state index contributed by atoms with van der Waals surface area (Å²) in [5.41, 5.74) is 7.22.